The molecule has 1 unspecified atom stereocenters. The number of nitrogens with zero attached hydrogens (tertiary/aromatic N) is 2. The van der Waals surface area contributed by atoms with E-state index >= 15 is 0 Å². The van der Waals surface area contributed by atoms with Crippen LogP contribution in [0.3, 0.4) is 0 Å². The molecule has 5 N–H and O–H groups in total. The van der Waals surface area contributed by atoms with Crippen molar-refractivity contribution in [2.75, 3.05) is 24.6 Å². The average molecular weight is 448 g/mol. The van der Waals surface area contributed by atoms with Crippen LogP contribution in [0.4, 0.5) is 0 Å². The monoisotopic (exact) mass is 447 g/mol. The highest BCUT2D eigenvalue weighted by atomic mass is 32.2. The van der Waals surface area contributed by atoms with E-state index in [-0.39, 0.29) is 18.2 Å². The highest BCUT2D eigenvalue weighted by Gasteiger charge is 2.31. The molecule has 0 aromatic heterocycles. The van der Waals surface area contributed by atoms with Gasteiger partial charge in [0, 0.05) is 36.6 Å². The van der Waals surface area contributed by atoms with Gasteiger partial charge in [0.05, 0.1) is 18.6 Å². The lowest BCUT2D eigenvalue weighted by atomic mass is 10.0. The van der Waals surface area contributed by atoms with E-state index in [0.29, 0.717) is 30.8 Å². The zero-order valence-electron chi connectivity index (χ0n) is 16.9. The first-order chi connectivity index (χ1) is 14.8. The number of aliphatic carboxylic acids is 1. The number of carbonyl (C=O) groups is 3. The second-order valence-electron chi connectivity index (χ2n) is 7.32. The van der Waals surface area contributed by atoms with Gasteiger partial charge < -0.3 is 25.9 Å². The number of nitrogens with one attached hydrogen (secondary N) is 2. The van der Waals surface area contributed by atoms with Crippen molar-refractivity contribution in [3.63, 3.8) is 0 Å². The molecule has 2 heterocycles. The Morgan fingerprint density at radius 1 is 1.29 bits per heavy atom. The second-order valence-corrected chi connectivity index (χ2v) is 8.55. The summed E-state index contributed by atoms with van der Waals surface area (Å²) in [5, 5.41) is 23.2. The number of thioether (sulfide) groups is 1. The maximum atomic E-state index is 12.7. The zero-order chi connectivity index (χ0) is 22.4. The van der Waals surface area contributed by atoms with E-state index in [1.807, 2.05) is 0 Å². The fraction of sp³-hybridized carbons (Fsp3) is 0.450. The summed E-state index contributed by atoms with van der Waals surface area (Å²) in [7, 11) is 0. The average Bonchev–Trinajstić information content (AvgIpc) is 3.21. The van der Waals surface area contributed by atoms with E-state index in [9.17, 15) is 14.4 Å². The molecule has 0 saturated carbocycles. The largest absolute Gasteiger partial charge is 0.481 e. The summed E-state index contributed by atoms with van der Waals surface area (Å²) in [5.41, 5.74) is 7.51. The van der Waals surface area contributed by atoms with Gasteiger partial charge in [-0.25, -0.2) is 0 Å². The normalized spacial score (nSPS) is 19.2. The first-order valence-electron chi connectivity index (χ1n) is 9.88. The SMILES string of the molecule is N=C(N)c1ccc(C2=NOC(CC(=O)N[C@@H](CC(=O)O)C(=O)N3CCSCC3)C2)cc1. The standard InChI is InChI=1S/C20H25N5O5S/c21-19(22)13-3-1-12(2-4-13)15-9-14(30-24-15)10-17(26)23-16(11-18(27)28)20(29)25-5-7-31-8-6-25/h1-4,14,16H,5-11H2,(H3,21,22)(H,23,26)(H,27,28)/t14?,16-/m0/s1. The maximum absolute atomic E-state index is 12.7. The summed E-state index contributed by atoms with van der Waals surface area (Å²) < 4.78 is 0. The number of nitrogen functional groups attached to an aromatic ring is 1. The van der Waals surface area contributed by atoms with Crippen molar-refractivity contribution in [3.8, 4) is 0 Å². The van der Waals surface area contributed by atoms with Gasteiger partial charge in [-0.3, -0.25) is 19.8 Å². The number of oxime groups is 1. The number of hydrogen-bond acceptors (Lipinski definition) is 7. The lowest BCUT2D eigenvalue weighted by molar-refractivity contribution is -0.143. The van der Waals surface area contributed by atoms with Crippen molar-refractivity contribution in [2.45, 2.75) is 31.4 Å². The first kappa shape index (κ1) is 22.6. The summed E-state index contributed by atoms with van der Waals surface area (Å²) in [5.74, 6) is -0.419. The van der Waals surface area contributed by atoms with E-state index in [0.717, 1.165) is 17.1 Å². The maximum Gasteiger partial charge on any atom is 0.305 e. The van der Waals surface area contributed by atoms with Crippen molar-refractivity contribution < 1.29 is 24.3 Å². The molecule has 1 fully saturated rings. The molecule has 166 valence electrons. The van der Waals surface area contributed by atoms with E-state index in [1.165, 1.54) is 0 Å². The third-order valence-corrected chi connectivity index (χ3v) is 5.95. The highest BCUT2D eigenvalue weighted by molar-refractivity contribution is 7.99. The quantitative estimate of drug-likeness (QED) is 0.331. The Hall–Kier alpha value is -3.08. The highest BCUT2D eigenvalue weighted by Crippen LogP contribution is 2.20. The van der Waals surface area contributed by atoms with Crippen LogP contribution in [0.2, 0.25) is 0 Å². The molecule has 1 aromatic carbocycles. The van der Waals surface area contributed by atoms with Gasteiger partial charge in [-0.15, -0.1) is 0 Å². The number of amidine groups is 1. The molecule has 3 rings (SSSR count). The molecular weight excluding hydrogens is 422 g/mol. The van der Waals surface area contributed by atoms with Gasteiger partial charge in [0.2, 0.25) is 11.8 Å². The molecule has 11 heteroatoms. The number of benzene rings is 1. The molecule has 0 radical (unpaired) electrons. The Kier molecular flexibility index (Phi) is 7.50. The molecule has 2 aliphatic heterocycles. The Balaban J connectivity index is 1.54. The first-order valence-corrected chi connectivity index (χ1v) is 11.0. The van der Waals surface area contributed by atoms with Crippen molar-refractivity contribution >= 4 is 41.1 Å². The van der Waals surface area contributed by atoms with Crippen LogP contribution >= 0.6 is 11.8 Å². The third-order valence-electron chi connectivity index (χ3n) is 5.01. The molecule has 31 heavy (non-hydrogen) atoms. The predicted octanol–water partition coefficient (Wildman–Crippen LogP) is 0.389. The van der Waals surface area contributed by atoms with Crippen molar-refractivity contribution in [1.29, 1.82) is 5.41 Å². The molecule has 0 aliphatic carbocycles. The molecule has 2 atom stereocenters. The van der Waals surface area contributed by atoms with Gasteiger partial charge in [-0.05, 0) is 5.56 Å². The molecule has 2 aliphatic rings. The summed E-state index contributed by atoms with van der Waals surface area (Å²) in [6.07, 6.45) is -0.621. The smallest absolute Gasteiger partial charge is 0.305 e. The number of nitrogens with two attached hydrogens (primary N) is 1. The Labute approximate surface area is 183 Å². The lowest BCUT2D eigenvalue weighted by Gasteiger charge is -2.30. The van der Waals surface area contributed by atoms with Crippen LogP contribution in [0.1, 0.15) is 30.4 Å². The Morgan fingerprint density at radius 2 is 1.97 bits per heavy atom. The summed E-state index contributed by atoms with van der Waals surface area (Å²) in [4.78, 5) is 43.3. The molecule has 10 nitrogen and oxygen atoms in total. The van der Waals surface area contributed by atoms with Crippen LogP contribution in [0.5, 0.6) is 0 Å². The lowest BCUT2D eigenvalue weighted by Crippen LogP contribution is -2.51. The van der Waals surface area contributed by atoms with Crippen LogP contribution in [0.25, 0.3) is 0 Å². The summed E-state index contributed by atoms with van der Waals surface area (Å²) in [6.45, 7) is 1.09. The number of hydrogen-bond donors (Lipinski definition) is 4. The number of rotatable bonds is 8. The van der Waals surface area contributed by atoms with Gasteiger partial charge in [0.1, 0.15) is 18.0 Å². The van der Waals surface area contributed by atoms with Gasteiger partial charge in [-0.2, -0.15) is 11.8 Å². The van der Waals surface area contributed by atoms with Crippen LogP contribution in [0, 0.1) is 5.41 Å². The third kappa shape index (κ3) is 6.20. The van der Waals surface area contributed by atoms with E-state index in [1.54, 1.807) is 40.9 Å². The van der Waals surface area contributed by atoms with Gasteiger partial charge in [0.25, 0.3) is 0 Å². The van der Waals surface area contributed by atoms with Gasteiger partial charge in [-0.1, -0.05) is 29.4 Å². The predicted molar refractivity (Wildman–Crippen MR) is 116 cm³/mol. The zero-order valence-corrected chi connectivity index (χ0v) is 17.7. The van der Waals surface area contributed by atoms with E-state index in [2.05, 4.69) is 10.5 Å². The Morgan fingerprint density at radius 3 is 2.58 bits per heavy atom. The Bertz CT molecular complexity index is 882. The minimum atomic E-state index is -1.15. The molecule has 1 aromatic rings. The molecule has 1 saturated heterocycles. The fourth-order valence-corrected chi connectivity index (χ4v) is 4.29. The number of carbonyl (C=O) groups excluding carboxylic acids is 2. The van der Waals surface area contributed by atoms with Crippen LogP contribution < -0.4 is 11.1 Å². The minimum absolute atomic E-state index is 0.0283. The van der Waals surface area contributed by atoms with Gasteiger partial charge in [0.15, 0.2) is 0 Å². The summed E-state index contributed by atoms with van der Waals surface area (Å²) in [6, 6.07) is 5.87. The molecule has 0 bridgehead atoms. The summed E-state index contributed by atoms with van der Waals surface area (Å²) >= 11 is 1.73. The van der Waals surface area contributed by atoms with Crippen LogP contribution in [-0.2, 0) is 19.2 Å². The topological polar surface area (TPSA) is 158 Å². The molecular formula is C20H25N5O5S. The number of carboxylic acids is 1. The van der Waals surface area contributed by atoms with Crippen LogP contribution in [-0.4, -0.2) is 76.1 Å². The second kappa shape index (κ2) is 10.3. The van der Waals surface area contributed by atoms with Gasteiger partial charge >= 0.3 is 5.97 Å². The molecule has 2 amide bonds. The minimum Gasteiger partial charge on any atom is -0.481 e. The van der Waals surface area contributed by atoms with E-state index < -0.39 is 30.4 Å². The molecule has 0 spiro atoms. The van der Waals surface area contributed by atoms with Crippen molar-refractivity contribution in [3.05, 3.63) is 35.4 Å². The van der Waals surface area contributed by atoms with Crippen LogP contribution in [0.15, 0.2) is 29.4 Å². The van der Waals surface area contributed by atoms with Crippen molar-refractivity contribution in [2.24, 2.45) is 10.9 Å². The fourth-order valence-electron chi connectivity index (χ4n) is 3.39. The van der Waals surface area contributed by atoms with E-state index in [4.69, 9.17) is 21.1 Å². The number of carboxylic acid groups (broad SMARTS) is 1. The number of amides is 2. The van der Waals surface area contributed by atoms with Crippen molar-refractivity contribution in [1.82, 2.24) is 10.2 Å².